The third-order valence-electron chi connectivity index (χ3n) is 2.20. The molecule has 2 rings (SSSR count). The molecule has 1 N–H and O–H groups in total. The van der Waals surface area contributed by atoms with Crippen LogP contribution in [0.3, 0.4) is 0 Å². The highest BCUT2D eigenvalue weighted by molar-refractivity contribution is 6.30. The molecule has 0 fully saturated rings. The SMILES string of the molecule is Cc1nnc(CNc2cc(Cl)ccc2C)o1. The summed E-state index contributed by atoms with van der Waals surface area (Å²) in [5.74, 6) is 1.14. The normalized spacial score (nSPS) is 10.4. The van der Waals surface area contributed by atoms with Crippen LogP contribution in [0.5, 0.6) is 0 Å². The Bertz CT molecular complexity index is 496. The van der Waals surface area contributed by atoms with E-state index in [1.54, 1.807) is 6.92 Å². The standard InChI is InChI=1S/C11H12ClN3O/c1-7-3-4-9(12)5-10(7)13-6-11-15-14-8(2)16-11/h3-5,13H,6H2,1-2H3. The topological polar surface area (TPSA) is 51.0 Å². The molecule has 0 radical (unpaired) electrons. The van der Waals surface area contributed by atoms with Crippen molar-refractivity contribution in [1.82, 2.24) is 10.2 Å². The van der Waals surface area contributed by atoms with Crippen LogP contribution in [0, 0.1) is 13.8 Å². The summed E-state index contributed by atoms with van der Waals surface area (Å²) < 4.78 is 5.26. The smallest absolute Gasteiger partial charge is 0.235 e. The lowest BCUT2D eigenvalue weighted by atomic mass is 10.2. The summed E-state index contributed by atoms with van der Waals surface area (Å²) in [4.78, 5) is 0. The molecule has 0 saturated carbocycles. The predicted octanol–water partition coefficient (Wildman–Crippen LogP) is 2.95. The van der Waals surface area contributed by atoms with E-state index in [-0.39, 0.29) is 0 Å². The van der Waals surface area contributed by atoms with Crippen LogP contribution >= 0.6 is 11.6 Å². The highest BCUT2D eigenvalue weighted by Crippen LogP contribution is 2.20. The lowest BCUT2D eigenvalue weighted by Crippen LogP contribution is -2.01. The molecule has 1 heterocycles. The monoisotopic (exact) mass is 237 g/mol. The maximum Gasteiger partial charge on any atom is 0.235 e. The van der Waals surface area contributed by atoms with Crippen molar-refractivity contribution in [3.63, 3.8) is 0 Å². The van der Waals surface area contributed by atoms with E-state index in [0.717, 1.165) is 11.3 Å². The maximum absolute atomic E-state index is 5.91. The van der Waals surface area contributed by atoms with Crippen LogP contribution in [0.25, 0.3) is 0 Å². The van der Waals surface area contributed by atoms with Gasteiger partial charge in [-0.25, -0.2) is 0 Å². The van der Waals surface area contributed by atoms with Gasteiger partial charge in [-0.1, -0.05) is 17.7 Å². The molecule has 0 saturated heterocycles. The first-order valence-electron chi connectivity index (χ1n) is 4.94. The second-order valence-corrected chi connectivity index (χ2v) is 3.96. The van der Waals surface area contributed by atoms with Crippen molar-refractivity contribution >= 4 is 17.3 Å². The highest BCUT2D eigenvalue weighted by Gasteiger charge is 2.03. The number of rotatable bonds is 3. The van der Waals surface area contributed by atoms with Gasteiger partial charge in [0.15, 0.2) is 0 Å². The number of benzene rings is 1. The molecule has 0 bridgehead atoms. The van der Waals surface area contributed by atoms with E-state index in [2.05, 4.69) is 15.5 Å². The van der Waals surface area contributed by atoms with Crippen LogP contribution in [-0.2, 0) is 6.54 Å². The number of nitrogens with zero attached hydrogens (tertiary/aromatic N) is 2. The van der Waals surface area contributed by atoms with E-state index < -0.39 is 0 Å². The molecule has 5 heteroatoms. The minimum atomic E-state index is 0.502. The molecule has 0 spiro atoms. The van der Waals surface area contributed by atoms with Gasteiger partial charge in [0.05, 0.1) is 6.54 Å². The minimum absolute atomic E-state index is 0.502. The first-order chi connectivity index (χ1) is 7.65. The summed E-state index contributed by atoms with van der Waals surface area (Å²) in [6, 6.07) is 5.70. The van der Waals surface area contributed by atoms with E-state index >= 15 is 0 Å². The summed E-state index contributed by atoms with van der Waals surface area (Å²) in [7, 11) is 0. The molecular weight excluding hydrogens is 226 g/mol. The molecule has 1 aromatic heterocycles. The zero-order chi connectivity index (χ0) is 11.5. The van der Waals surface area contributed by atoms with E-state index in [9.17, 15) is 0 Å². The van der Waals surface area contributed by atoms with Gasteiger partial charge in [-0.15, -0.1) is 10.2 Å². The lowest BCUT2D eigenvalue weighted by molar-refractivity contribution is 0.475. The van der Waals surface area contributed by atoms with Crippen LogP contribution in [0.2, 0.25) is 5.02 Å². The van der Waals surface area contributed by atoms with Gasteiger partial charge < -0.3 is 9.73 Å². The first-order valence-corrected chi connectivity index (χ1v) is 5.32. The number of halogens is 1. The Labute approximate surface area is 98.6 Å². The summed E-state index contributed by atoms with van der Waals surface area (Å²) in [6.45, 7) is 4.28. The van der Waals surface area contributed by atoms with Crippen molar-refractivity contribution in [2.24, 2.45) is 0 Å². The summed E-state index contributed by atoms with van der Waals surface area (Å²) in [5, 5.41) is 11.6. The van der Waals surface area contributed by atoms with Crippen LogP contribution in [0.15, 0.2) is 22.6 Å². The van der Waals surface area contributed by atoms with Gasteiger partial charge in [-0.2, -0.15) is 0 Å². The van der Waals surface area contributed by atoms with Crippen molar-refractivity contribution in [3.8, 4) is 0 Å². The zero-order valence-electron chi connectivity index (χ0n) is 9.12. The fourth-order valence-electron chi connectivity index (χ4n) is 1.36. The molecular formula is C11H12ClN3O. The molecule has 0 aliphatic carbocycles. The van der Waals surface area contributed by atoms with Gasteiger partial charge in [-0.05, 0) is 24.6 Å². The van der Waals surface area contributed by atoms with Crippen LogP contribution in [0.1, 0.15) is 17.3 Å². The number of hydrogen-bond acceptors (Lipinski definition) is 4. The van der Waals surface area contributed by atoms with Crippen LogP contribution < -0.4 is 5.32 Å². The third-order valence-corrected chi connectivity index (χ3v) is 2.43. The predicted molar refractivity (Wildman–Crippen MR) is 62.6 cm³/mol. The van der Waals surface area contributed by atoms with E-state index in [1.807, 2.05) is 25.1 Å². The second kappa shape index (κ2) is 4.53. The minimum Gasteiger partial charge on any atom is -0.424 e. The molecule has 0 aliphatic rings. The van der Waals surface area contributed by atoms with Crippen molar-refractivity contribution in [2.75, 3.05) is 5.32 Å². The summed E-state index contributed by atoms with van der Waals surface area (Å²) in [6.07, 6.45) is 0. The third kappa shape index (κ3) is 2.52. The van der Waals surface area contributed by atoms with Crippen molar-refractivity contribution in [1.29, 1.82) is 0 Å². The van der Waals surface area contributed by atoms with Crippen LogP contribution in [0.4, 0.5) is 5.69 Å². The van der Waals surface area contributed by atoms with E-state index in [0.29, 0.717) is 23.3 Å². The molecule has 84 valence electrons. The van der Waals surface area contributed by atoms with E-state index in [4.69, 9.17) is 16.0 Å². The van der Waals surface area contributed by atoms with Crippen molar-refractivity contribution in [3.05, 3.63) is 40.6 Å². The molecule has 0 unspecified atom stereocenters. The van der Waals surface area contributed by atoms with Crippen molar-refractivity contribution in [2.45, 2.75) is 20.4 Å². The molecule has 0 atom stereocenters. The Morgan fingerprint density at radius 3 is 2.81 bits per heavy atom. The Kier molecular flexibility index (Phi) is 3.10. The zero-order valence-corrected chi connectivity index (χ0v) is 9.88. The molecule has 4 nitrogen and oxygen atoms in total. The largest absolute Gasteiger partial charge is 0.424 e. The fourth-order valence-corrected chi connectivity index (χ4v) is 1.54. The average molecular weight is 238 g/mol. The van der Waals surface area contributed by atoms with Crippen LogP contribution in [-0.4, -0.2) is 10.2 Å². The number of nitrogens with one attached hydrogen (secondary N) is 1. The second-order valence-electron chi connectivity index (χ2n) is 3.53. The van der Waals surface area contributed by atoms with Crippen molar-refractivity contribution < 1.29 is 4.42 Å². The highest BCUT2D eigenvalue weighted by atomic mass is 35.5. The summed E-state index contributed by atoms with van der Waals surface area (Å²) in [5.41, 5.74) is 2.10. The molecule has 2 aromatic rings. The van der Waals surface area contributed by atoms with Gasteiger partial charge in [0, 0.05) is 17.6 Å². The molecule has 1 aromatic carbocycles. The Morgan fingerprint density at radius 1 is 1.31 bits per heavy atom. The maximum atomic E-state index is 5.91. The van der Waals surface area contributed by atoms with Gasteiger partial charge in [0.25, 0.3) is 0 Å². The van der Waals surface area contributed by atoms with Gasteiger partial charge in [-0.3, -0.25) is 0 Å². The Morgan fingerprint density at radius 2 is 2.12 bits per heavy atom. The average Bonchev–Trinajstić information content (AvgIpc) is 2.66. The Hall–Kier alpha value is -1.55. The van der Waals surface area contributed by atoms with E-state index in [1.165, 1.54) is 0 Å². The molecule has 0 aliphatic heterocycles. The number of aromatic nitrogens is 2. The number of aryl methyl sites for hydroxylation is 2. The lowest BCUT2D eigenvalue weighted by Gasteiger charge is -2.07. The fraction of sp³-hybridized carbons (Fsp3) is 0.273. The molecule has 0 amide bonds. The first kappa shape index (κ1) is 11.0. The molecule has 16 heavy (non-hydrogen) atoms. The quantitative estimate of drug-likeness (QED) is 0.892. The van der Waals surface area contributed by atoms with Gasteiger partial charge in [0.2, 0.25) is 11.8 Å². The van der Waals surface area contributed by atoms with Gasteiger partial charge >= 0.3 is 0 Å². The number of anilines is 1. The van der Waals surface area contributed by atoms with Gasteiger partial charge in [0.1, 0.15) is 0 Å². The number of hydrogen-bond donors (Lipinski definition) is 1. The summed E-state index contributed by atoms with van der Waals surface area (Å²) >= 11 is 5.91. The Balaban J connectivity index is 2.07.